The van der Waals surface area contributed by atoms with Gasteiger partial charge in [-0.1, -0.05) is 57.6 Å². The van der Waals surface area contributed by atoms with Crippen LogP contribution in [0.15, 0.2) is 12.2 Å². The molecule has 0 spiro atoms. The molecular weight excluding hydrogens is 416 g/mol. The van der Waals surface area contributed by atoms with Crippen molar-refractivity contribution in [3.8, 4) is 0 Å². The van der Waals surface area contributed by atoms with Crippen molar-refractivity contribution in [2.45, 2.75) is 95.5 Å². The lowest BCUT2D eigenvalue weighted by atomic mass is 9.99. The lowest BCUT2D eigenvalue weighted by molar-refractivity contribution is -0.168. The molecule has 8 heteroatoms. The van der Waals surface area contributed by atoms with E-state index in [-0.39, 0.29) is 45.0 Å². The van der Waals surface area contributed by atoms with E-state index in [4.69, 9.17) is 33.2 Å². The lowest BCUT2D eigenvalue weighted by Crippen LogP contribution is -2.37. The lowest BCUT2D eigenvalue weighted by Gasteiger charge is -2.30. The van der Waals surface area contributed by atoms with Crippen molar-refractivity contribution >= 4 is 5.97 Å². The number of ether oxygens (including phenoxy) is 7. The van der Waals surface area contributed by atoms with Gasteiger partial charge >= 0.3 is 5.97 Å². The maximum Gasteiger partial charge on any atom is 0.309 e. The predicted molar refractivity (Wildman–Crippen MR) is 121 cm³/mol. The van der Waals surface area contributed by atoms with Crippen molar-refractivity contribution in [1.29, 1.82) is 0 Å². The second kappa shape index (κ2) is 19.4. The van der Waals surface area contributed by atoms with Crippen LogP contribution in [0, 0.1) is 0 Å². The molecule has 0 aliphatic carbocycles. The molecule has 0 bridgehead atoms. The molecule has 0 aromatic heterocycles. The zero-order chi connectivity index (χ0) is 23.4. The fourth-order valence-corrected chi connectivity index (χ4v) is 3.67. The Morgan fingerprint density at radius 2 is 1.47 bits per heavy atom. The number of carbonyl (C=O) groups excluding carboxylic acids is 1. The molecule has 0 radical (unpaired) electrons. The molecule has 8 nitrogen and oxygen atoms in total. The van der Waals surface area contributed by atoms with Gasteiger partial charge in [-0.15, -0.1) is 0 Å². The monoisotopic (exact) mass is 460 g/mol. The van der Waals surface area contributed by atoms with Gasteiger partial charge in [-0.3, -0.25) is 4.79 Å². The van der Waals surface area contributed by atoms with E-state index >= 15 is 0 Å². The topological polar surface area (TPSA) is 81.7 Å². The Kier molecular flexibility index (Phi) is 17.6. The van der Waals surface area contributed by atoms with E-state index in [0.717, 1.165) is 19.3 Å². The van der Waals surface area contributed by atoms with Crippen molar-refractivity contribution in [3.63, 3.8) is 0 Å². The van der Waals surface area contributed by atoms with Crippen LogP contribution in [0.1, 0.15) is 71.1 Å². The van der Waals surface area contributed by atoms with Crippen molar-refractivity contribution in [2.75, 3.05) is 41.7 Å². The molecule has 1 aliphatic rings. The smallest absolute Gasteiger partial charge is 0.309 e. The molecule has 0 saturated heterocycles. The summed E-state index contributed by atoms with van der Waals surface area (Å²) in [7, 11) is 4.69. The summed E-state index contributed by atoms with van der Waals surface area (Å²) in [5.41, 5.74) is 0. The highest BCUT2D eigenvalue weighted by molar-refractivity contribution is 5.70. The van der Waals surface area contributed by atoms with Crippen LogP contribution in [0.25, 0.3) is 0 Å². The maximum absolute atomic E-state index is 12.6. The molecule has 0 unspecified atom stereocenters. The first-order chi connectivity index (χ1) is 15.6. The largest absolute Gasteiger partial charge is 0.462 e. The van der Waals surface area contributed by atoms with Crippen LogP contribution < -0.4 is 0 Å². The molecule has 1 heterocycles. The molecule has 0 fully saturated rings. The average Bonchev–Trinajstić information content (AvgIpc) is 2.79. The average molecular weight is 461 g/mol. The maximum atomic E-state index is 12.6. The molecule has 1 aliphatic heterocycles. The molecule has 0 N–H and O–H groups in total. The third-order valence-corrected chi connectivity index (χ3v) is 5.35. The molecule has 32 heavy (non-hydrogen) atoms. The molecule has 0 aromatic rings. The number of unbranched alkanes of at least 4 members (excludes halogenated alkanes) is 6. The minimum Gasteiger partial charge on any atom is -0.462 e. The summed E-state index contributed by atoms with van der Waals surface area (Å²) in [6.07, 6.45) is 12.0. The molecule has 0 aromatic carbocycles. The fraction of sp³-hybridized carbons (Fsp3) is 0.875. The zero-order valence-electron chi connectivity index (χ0n) is 20.4. The van der Waals surface area contributed by atoms with Gasteiger partial charge in [0, 0.05) is 27.8 Å². The van der Waals surface area contributed by atoms with Crippen molar-refractivity contribution in [3.05, 3.63) is 12.2 Å². The Labute approximate surface area is 193 Å². The highest BCUT2D eigenvalue weighted by Crippen LogP contribution is 2.22. The number of rotatable bonds is 17. The van der Waals surface area contributed by atoms with Crippen LogP contribution in [-0.4, -0.2) is 72.1 Å². The van der Waals surface area contributed by atoms with Crippen LogP contribution in [0.4, 0.5) is 0 Å². The van der Waals surface area contributed by atoms with E-state index in [1.165, 1.54) is 32.1 Å². The number of carbonyl (C=O) groups is 1. The number of hydrogen-bond acceptors (Lipinski definition) is 8. The molecule has 0 saturated carbocycles. The van der Waals surface area contributed by atoms with Crippen LogP contribution in [-0.2, 0) is 38.0 Å². The van der Waals surface area contributed by atoms with E-state index in [1.807, 2.05) is 6.08 Å². The van der Waals surface area contributed by atoms with Gasteiger partial charge in [-0.2, -0.15) is 0 Å². The summed E-state index contributed by atoms with van der Waals surface area (Å²) in [5, 5.41) is 0. The molecular formula is C24H44O8. The summed E-state index contributed by atoms with van der Waals surface area (Å²) < 4.78 is 38.5. The third kappa shape index (κ3) is 13.5. The minimum absolute atomic E-state index is 0.0803. The highest BCUT2D eigenvalue weighted by Gasteiger charge is 2.29. The van der Waals surface area contributed by atoms with Gasteiger partial charge in [0.15, 0.2) is 0 Å². The SMILES string of the molecule is CCCCCCCCC[C@H]1C[C@@H](OCOC)[C@H](OCOC)/C=C/[C@H](OCOC)CC(=O)O1. The first-order valence-electron chi connectivity index (χ1n) is 11.8. The summed E-state index contributed by atoms with van der Waals surface area (Å²) in [6.45, 7) is 2.54. The number of methoxy groups -OCH3 is 3. The second-order valence-electron chi connectivity index (χ2n) is 8.11. The Balaban J connectivity index is 2.84. The van der Waals surface area contributed by atoms with Crippen molar-refractivity contribution < 1.29 is 38.0 Å². The summed E-state index contributed by atoms with van der Waals surface area (Å²) in [6, 6.07) is 0. The van der Waals surface area contributed by atoms with Crippen LogP contribution in [0.3, 0.4) is 0 Å². The summed E-state index contributed by atoms with van der Waals surface area (Å²) >= 11 is 0. The number of esters is 1. The van der Waals surface area contributed by atoms with E-state index < -0.39 is 12.2 Å². The van der Waals surface area contributed by atoms with Crippen molar-refractivity contribution in [2.24, 2.45) is 0 Å². The Hall–Kier alpha value is -1.03. The van der Waals surface area contributed by atoms with Gasteiger partial charge in [-0.25, -0.2) is 0 Å². The highest BCUT2D eigenvalue weighted by atomic mass is 16.7. The Morgan fingerprint density at radius 3 is 2.16 bits per heavy atom. The second-order valence-corrected chi connectivity index (χ2v) is 8.11. The summed E-state index contributed by atoms with van der Waals surface area (Å²) in [5.74, 6) is -0.287. The van der Waals surface area contributed by atoms with E-state index in [9.17, 15) is 4.79 Å². The van der Waals surface area contributed by atoms with E-state index in [1.54, 1.807) is 27.4 Å². The fourth-order valence-electron chi connectivity index (χ4n) is 3.67. The van der Waals surface area contributed by atoms with Crippen LogP contribution in [0.5, 0.6) is 0 Å². The summed E-state index contributed by atoms with van der Waals surface area (Å²) in [4.78, 5) is 12.6. The normalized spacial score (nSPS) is 25.4. The zero-order valence-corrected chi connectivity index (χ0v) is 20.4. The Bertz CT molecular complexity index is 485. The molecule has 4 atom stereocenters. The van der Waals surface area contributed by atoms with Gasteiger partial charge < -0.3 is 33.2 Å². The third-order valence-electron chi connectivity index (χ3n) is 5.35. The minimum atomic E-state index is -0.475. The first kappa shape index (κ1) is 29.0. The van der Waals surface area contributed by atoms with Crippen LogP contribution >= 0.6 is 0 Å². The van der Waals surface area contributed by atoms with Crippen LogP contribution in [0.2, 0.25) is 0 Å². The van der Waals surface area contributed by atoms with Gasteiger partial charge in [0.25, 0.3) is 0 Å². The van der Waals surface area contributed by atoms with E-state index in [2.05, 4.69) is 6.92 Å². The molecule has 188 valence electrons. The number of hydrogen-bond donors (Lipinski definition) is 0. The first-order valence-corrected chi connectivity index (χ1v) is 11.8. The molecule has 1 rings (SSSR count). The molecule has 0 amide bonds. The Morgan fingerprint density at radius 1 is 0.844 bits per heavy atom. The number of cyclic esters (lactones) is 1. The van der Waals surface area contributed by atoms with Gasteiger partial charge in [-0.05, 0) is 12.8 Å². The quantitative estimate of drug-likeness (QED) is 0.137. The van der Waals surface area contributed by atoms with Gasteiger partial charge in [0.1, 0.15) is 32.6 Å². The standard InChI is InChI=1S/C24H44O8/c1-5-6-7-8-9-10-11-12-21-15-23(31-19-28-4)22(30-18-27-3)14-13-20(29-17-26-2)16-24(25)32-21/h13-14,20-23H,5-12,15-19H2,1-4H3/b14-13+/t20-,21-,22+,23+/m0/s1. The van der Waals surface area contributed by atoms with Gasteiger partial charge in [0.2, 0.25) is 0 Å². The van der Waals surface area contributed by atoms with Crippen molar-refractivity contribution in [1.82, 2.24) is 0 Å². The predicted octanol–water partition coefficient (Wildman–Crippen LogP) is 4.36. The van der Waals surface area contributed by atoms with Gasteiger partial charge in [0.05, 0.1) is 18.6 Å². The van der Waals surface area contributed by atoms with E-state index in [0.29, 0.717) is 6.42 Å².